The number of rotatable bonds is 3. The number of hydrogen-bond donors (Lipinski definition) is 0. The quantitative estimate of drug-likeness (QED) is 0.849. The number of benzene rings is 2. The molecule has 0 amide bonds. The number of hydrogen-bond acceptors (Lipinski definition) is 2. The number of ketones is 1. The summed E-state index contributed by atoms with van der Waals surface area (Å²) >= 11 is 0. The summed E-state index contributed by atoms with van der Waals surface area (Å²) in [7, 11) is 0. The Kier molecular flexibility index (Phi) is 3.93. The molecular weight excluding hydrogens is 246 g/mol. The van der Waals surface area contributed by atoms with Crippen LogP contribution in [0.4, 0.5) is 0 Å². The maximum absolute atomic E-state index is 12.4. The molecule has 0 aromatic heterocycles. The van der Waals surface area contributed by atoms with Crippen LogP contribution >= 0.6 is 0 Å². The molecule has 0 N–H and O–H groups in total. The first-order valence-electron chi connectivity index (χ1n) is 7.17. The molecule has 1 atom stereocenters. The molecule has 1 aliphatic rings. The summed E-state index contributed by atoms with van der Waals surface area (Å²) in [6.07, 6.45) is 0.926. The van der Waals surface area contributed by atoms with E-state index < -0.39 is 0 Å². The second-order valence-corrected chi connectivity index (χ2v) is 5.41. The standard InChI is InChI=1S/C18H19NO/c20-18-14-19(13-15-7-3-1-4-8-15)12-11-17(18)16-9-5-2-6-10-16/h1-10,17H,11-14H2. The average Bonchev–Trinajstić information content (AvgIpc) is 2.49. The largest absolute Gasteiger partial charge is 0.298 e. The lowest BCUT2D eigenvalue weighted by molar-refractivity contribution is -0.124. The predicted octanol–water partition coefficient (Wildman–Crippen LogP) is 3.25. The number of carbonyl (C=O) groups excluding carboxylic acids is 1. The van der Waals surface area contributed by atoms with Crippen molar-refractivity contribution in [2.75, 3.05) is 13.1 Å². The third-order valence-electron chi connectivity index (χ3n) is 3.95. The van der Waals surface area contributed by atoms with Crippen LogP contribution in [0, 0.1) is 0 Å². The second-order valence-electron chi connectivity index (χ2n) is 5.41. The molecule has 2 aromatic carbocycles. The molecule has 3 rings (SSSR count). The highest BCUT2D eigenvalue weighted by Gasteiger charge is 2.27. The van der Waals surface area contributed by atoms with E-state index in [1.807, 2.05) is 36.4 Å². The van der Waals surface area contributed by atoms with Crippen LogP contribution in [-0.4, -0.2) is 23.8 Å². The van der Waals surface area contributed by atoms with Crippen LogP contribution in [-0.2, 0) is 11.3 Å². The molecule has 1 fully saturated rings. The van der Waals surface area contributed by atoms with E-state index in [0.29, 0.717) is 12.3 Å². The lowest BCUT2D eigenvalue weighted by atomic mass is 9.88. The van der Waals surface area contributed by atoms with Gasteiger partial charge in [0.1, 0.15) is 0 Å². The fourth-order valence-electron chi connectivity index (χ4n) is 2.90. The molecule has 2 heteroatoms. The molecule has 102 valence electrons. The SMILES string of the molecule is O=C1CN(Cc2ccccc2)CCC1c1ccccc1. The van der Waals surface area contributed by atoms with Gasteiger partial charge in [-0.3, -0.25) is 9.69 Å². The minimum Gasteiger partial charge on any atom is -0.298 e. The van der Waals surface area contributed by atoms with Gasteiger partial charge < -0.3 is 0 Å². The van der Waals surface area contributed by atoms with Crippen molar-refractivity contribution >= 4 is 5.78 Å². The van der Waals surface area contributed by atoms with Crippen LogP contribution in [0.5, 0.6) is 0 Å². The fraction of sp³-hybridized carbons (Fsp3) is 0.278. The van der Waals surface area contributed by atoms with Gasteiger partial charge in [-0.1, -0.05) is 60.7 Å². The molecule has 1 heterocycles. The first kappa shape index (κ1) is 13.1. The minimum absolute atomic E-state index is 0.0863. The van der Waals surface area contributed by atoms with Crippen LogP contribution in [0.1, 0.15) is 23.5 Å². The van der Waals surface area contributed by atoms with E-state index >= 15 is 0 Å². The van der Waals surface area contributed by atoms with Crippen molar-refractivity contribution in [1.29, 1.82) is 0 Å². The first-order valence-corrected chi connectivity index (χ1v) is 7.17. The highest BCUT2D eigenvalue weighted by molar-refractivity contribution is 5.88. The Balaban J connectivity index is 1.64. The Labute approximate surface area is 120 Å². The summed E-state index contributed by atoms with van der Waals surface area (Å²) < 4.78 is 0. The molecule has 0 radical (unpaired) electrons. The van der Waals surface area contributed by atoms with Crippen LogP contribution in [0.3, 0.4) is 0 Å². The van der Waals surface area contributed by atoms with Gasteiger partial charge in [-0.15, -0.1) is 0 Å². The van der Waals surface area contributed by atoms with E-state index in [1.165, 1.54) is 5.56 Å². The molecule has 20 heavy (non-hydrogen) atoms. The van der Waals surface area contributed by atoms with Gasteiger partial charge in [-0.25, -0.2) is 0 Å². The third-order valence-corrected chi connectivity index (χ3v) is 3.95. The van der Waals surface area contributed by atoms with E-state index in [2.05, 4.69) is 29.2 Å². The zero-order valence-corrected chi connectivity index (χ0v) is 11.5. The highest BCUT2D eigenvalue weighted by Crippen LogP contribution is 2.25. The van der Waals surface area contributed by atoms with Gasteiger partial charge in [0.2, 0.25) is 0 Å². The summed E-state index contributed by atoms with van der Waals surface area (Å²) in [5.41, 5.74) is 2.44. The van der Waals surface area contributed by atoms with Crippen LogP contribution in [0.2, 0.25) is 0 Å². The van der Waals surface area contributed by atoms with Crippen molar-refractivity contribution in [2.45, 2.75) is 18.9 Å². The number of Topliss-reactive ketones (excluding diaryl/α,β-unsaturated/α-hetero) is 1. The second kappa shape index (κ2) is 6.02. The highest BCUT2D eigenvalue weighted by atomic mass is 16.1. The lowest BCUT2D eigenvalue weighted by Crippen LogP contribution is -2.39. The molecule has 0 bridgehead atoms. The van der Waals surface area contributed by atoms with Crippen molar-refractivity contribution < 1.29 is 4.79 Å². The summed E-state index contributed by atoms with van der Waals surface area (Å²) in [6.45, 7) is 2.42. The van der Waals surface area contributed by atoms with E-state index in [-0.39, 0.29) is 5.92 Å². The molecule has 1 aliphatic heterocycles. The van der Waals surface area contributed by atoms with Gasteiger partial charge in [0, 0.05) is 12.5 Å². The van der Waals surface area contributed by atoms with Crippen LogP contribution < -0.4 is 0 Å². The Morgan fingerprint density at radius 3 is 2.25 bits per heavy atom. The van der Waals surface area contributed by atoms with Gasteiger partial charge in [0.05, 0.1) is 6.54 Å². The van der Waals surface area contributed by atoms with E-state index in [0.717, 1.165) is 25.1 Å². The Morgan fingerprint density at radius 2 is 1.60 bits per heavy atom. The number of carbonyl (C=O) groups is 1. The van der Waals surface area contributed by atoms with E-state index in [4.69, 9.17) is 0 Å². The topological polar surface area (TPSA) is 20.3 Å². The van der Waals surface area contributed by atoms with Crippen molar-refractivity contribution in [2.24, 2.45) is 0 Å². The summed E-state index contributed by atoms with van der Waals surface area (Å²) in [5, 5.41) is 0. The number of likely N-dealkylation sites (tertiary alicyclic amines) is 1. The van der Waals surface area contributed by atoms with Gasteiger partial charge in [0.25, 0.3) is 0 Å². The monoisotopic (exact) mass is 265 g/mol. The smallest absolute Gasteiger partial charge is 0.154 e. The minimum atomic E-state index is 0.0863. The van der Waals surface area contributed by atoms with E-state index in [9.17, 15) is 4.79 Å². The van der Waals surface area contributed by atoms with Gasteiger partial charge in [-0.2, -0.15) is 0 Å². The van der Waals surface area contributed by atoms with Gasteiger partial charge in [0.15, 0.2) is 5.78 Å². The van der Waals surface area contributed by atoms with Crippen LogP contribution in [0.25, 0.3) is 0 Å². The van der Waals surface area contributed by atoms with Crippen molar-refractivity contribution in [3.8, 4) is 0 Å². The van der Waals surface area contributed by atoms with Crippen LogP contribution in [0.15, 0.2) is 60.7 Å². The molecule has 0 spiro atoms. The lowest BCUT2D eigenvalue weighted by Gasteiger charge is -2.31. The summed E-state index contributed by atoms with van der Waals surface area (Å²) in [5.74, 6) is 0.432. The van der Waals surface area contributed by atoms with Gasteiger partial charge in [-0.05, 0) is 24.1 Å². The number of nitrogens with zero attached hydrogens (tertiary/aromatic N) is 1. The average molecular weight is 265 g/mol. The normalized spacial score (nSPS) is 20.0. The molecule has 0 aliphatic carbocycles. The molecule has 0 saturated carbocycles. The molecule has 1 unspecified atom stereocenters. The zero-order chi connectivity index (χ0) is 13.8. The maximum atomic E-state index is 12.4. The first-order chi connectivity index (χ1) is 9.83. The van der Waals surface area contributed by atoms with Crippen molar-refractivity contribution in [3.05, 3.63) is 71.8 Å². The molecule has 2 nitrogen and oxygen atoms in total. The predicted molar refractivity (Wildman–Crippen MR) is 80.5 cm³/mol. The Hall–Kier alpha value is -1.93. The Bertz CT molecular complexity index is 564. The summed E-state index contributed by atoms with van der Waals surface area (Å²) in [4.78, 5) is 14.6. The fourth-order valence-corrected chi connectivity index (χ4v) is 2.90. The Morgan fingerprint density at radius 1 is 0.950 bits per heavy atom. The molecular formula is C18H19NO. The zero-order valence-electron chi connectivity index (χ0n) is 11.5. The molecule has 2 aromatic rings. The number of piperidine rings is 1. The maximum Gasteiger partial charge on any atom is 0.154 e. The molecule has 1 saturated heterocycles. The summed E-state index contributed by atoms with van der Waals surface area (Å²) in [6, 6.07) is 20.5. The third kappa shape index (κ3) is 2.97. The van der Waals surface area contributed by atoms with Crippen molar-refractivity contribution in [1.82, 2.24) is 4.90 Å². The van der Waals surface area contributed by atoms with Crippen molar-refractivity contribution in [3.63, 3.8) is 0 Å². The van der Waals surface area contributed by atoms with E-state index in [1.54, 1.807) is 0 Å². The van der Waals surface area contributed by atoms with Gasteiger partial charge >= 0.3 is 0 Å².